The summed E-state index contributed by atoms with van der Waals surface area (Å²) in [7, 11) is 0. The number of imidazole rings is 1. The lowest BCUT2D eigenvalue weighted by Gasteiger charge is -2.25. The quantitative estimate of drug-likeness (QED) is 0.0982. The molecule has 0 spiro atoms. The van der Waals surface area contributed by atoms with Crippen molar-refractivity contribution in [2.24, 2.45) is 11.5 Å². The number of carbonyl (C=O) groups excluding carboxylic acids is 4. The minimum atomic E-state index is -1.36. The first-order chi connectivity index (χ1) is 19.1. The Morgan fingerprint density at radius 2 is 1.60 bits per heavy atom. The second-order valence-electron chi connectivity index (χ2n) is 9.16. The zero-order valence-electron chi connectivity index (χ0n) is 21.4. The fourth-order valence-corrected chi connectivity index (χ4v) is 4.01. The number of H-pyrrole nitrogens is 2. The maximum atomic E-state index is 13.2. The number of rotatable bonds is 15. The van der Waals surface area contributed by atoms with Gasteiger partial charge in [-0.15, -0.1) is 0 Å². The molecule has 0 saturated carbocycles. The van der Waals surface area contributed by atoms with Gasteiger partial charge in [-0.05, 0) is 18.1 Å². The number of aromatic amines is 2. The smallest absolute Gasteiger partial charge is 0.326 e. The number of aliphatic carboxylic acids is 1. The molecule has 3 aromatic rings. The number of carboxylic acids is 1. The van der Waals surface area contributed by atoms with Gasteiger partial charge in [-0.1, -0.05) is 18.2 Å². The largest absolute Gasteiger partial charge is 0.480 e. The molecule has 15 heteroatoms. The predicted octanol–water partition coefficient (Wildman–Crippen LogP) is -2.20. The number of nitrogens with zero attached hydrogens (tertiary/aromatic N) is 1. The monoisotopic (exact) mass is 556 g/mol. The number of carbonyl (C=O) groups is 5. The number of fused-ring (bicyclic) bond motifs is 1. The van der Waals surface area contributed by atoms with E-state index in [1.807, 2.05) is 18.2 Å². The summed E-state index contributed by atoms with van der Waals surface area (Å²) in [6.45, 7) is -0.666. The molecule has 0 aliphatic rings. The van der Waals surface area contributed by atoms with Crippen LogP contribution in [0.4, 0.5) is 0 Å². The predicted molar refractivity (Wildman–Crippen MR) is 141 cm³/mol. The molecule has 11 N–H and O–H groups in total. The summed E-state index contributed by atoms with van der Waals surface area (Å²) < 4.78 is 0. The first-order valence-electron chi connectivity index (χ1n) is 12.4. The number of nitrogens with one attached hydrogen (secondary N) is 5. The first kappa shape index (κ1) is 29.8. The van der Waals surface area contributed by atoms with Crippen LogP contribution in [0.1, 0.15) is 24.1 Å². The third-order valence-corrected chi connectivity index (χ3v) is 6.17. The van der Waals surface area contributed by atoms with E-state index in [0.717, 1.165) is 10.9 Å². The molecule has 0 saturated heterocycles. The Hall–Kier alpha value is -4.76. The first-order valence-corrected chi connectivity index (χ1v) is 12.4. The van der Waals surface area contributed by atoms with Crippen molar-refractivity contribution in [3.63, 3.8) is 0 Å². The van der Waals surface area contributed by atoms with Crippen molar-refractivity contribution in [3.8, 4) is 0 Å². The Bertz CT molecular complexity index is 1340. The highest BCUT2D eigenvalue weighted by atomic mass is 16.4. The number of carboxylic acid groups (broad SMARTS) is 1. The number of amides is 4. The lowest BCUT2D eigenvalue weighted by molar-refractivity contribution is -0.142. The number of aliphatic hydroxyl groups is 1. The highest BCUT2D eigenvalue weighted by Gasteiger charge is 2.31. The van der Waals surface area contributed by atoms with E-state index in [9.17, 15) is 34.2 Å². The van der Waals surface area contributed by atoms with Crippen molar-refractivity contribution in [2.75, 3.05) is 6.61 Å². The Balaban J connectivity index is 1.77. The third kappa shape index (κ3) is 8.12. The summed E-state index contributed by atoms with van der Waals surface area (Å²) in [5, 5.41) is 27.1. The summed E-state index contributed by atoms with van der Waals surface area (Å²) in [4.78, 5) is 71.9. The van der Waals surface area contributed by atoms with Crippen molar-refractivity contribution in [3.05, 3.63) is 54.2 Å². The number of hydrogen-bond acceptors (Lipinski definition) is 8. The van der Waals surface area contributed by atoms with Gasteiger partial charge in [0.1, 0.15) is 24.2 Å². The molecule has 0 bridgehead atoms. The third-order valence-electron chi connectivity index (χ3n) is 6.17. The van der Waals surface area contributed by atoms with E-state index in [-0.39, 0.29) is 25.7 Å². The number of hydrogen-bond donors (Lipinski definition) is 9. The number of nitrogens with two attached hydrogens (primary N) is 2. The van der Waals surface area contributed by atoms with Gasteiger partial charge in [-0.25, -0.2) is 9.78 Å². The molecule has 4 amide bonds. The van der Waals surface area contributed by atoms with Gasteiger partial charge in [0.05, 0.1) is 12.9 Å². The lowest BCUT2D eigenvalue weighted by Crippen LogP contribution is -2.58. The Labute approximate surface area is 228 Å². The van der Waals surface area contributed by atoms with Gasteiger partial charge in [0.15, 0.2) is 0 Å². The number of para-hydroxylation sites is 1. The highest BCUT2D eigenvalue weighted by Crippen LogP contribution is 2.19. The van der Waals surface area contributed by atoms with Crippen molar-refractivity contribution in [1.82, 2.24) is 30.9 Å². The van der Waals surface area contributed by atoms with Crippen LogP contribution in [-0.2, 0) is 36.8 Å². The number of aliphatic hydroxyl groups excluding tert-OH is 1. The molecule has 0 aliphatic carbocycles. The second kappa shape index (κ2) is 13.9. The van der Waals surface area contributed by atoms with Crippen LogP contribution in [0.3, 0.4) is 0 Å². The van der Waals surface area contributed by atoms with Crippen LogP contribution in [0.5, 0.6) is 0 Å². The molecule has 2 heterocycles. The molecule has 1 aromatic carbocycles. The molecule has 4 atom stereocenters. The molecule has 4 unspecified atom stereocenters. The van der Waals surface area contributed by atoms with Crippen LogP contribution in [0, 0.1) is 0 Å². The van der Waals surface area contributed by atoms with Crippen LogP contribution in [0.25, 0.3) is 10.9 Å². The summed E-state index contributed by atoms with van der Waals surface area (Å²) in [5.74, 6) is -4.54. The average Bonchev–Trinajstić information content (AvgIpc) is 3.59. The Morgan fingerprint density at radius 1 is 0.925 bits per heavy atom. The molecule has 0 aliphatic heterocycles. The van der Waals surface area contributed by atoms with Gasteiger partial charge in [-0.3, -0.25) is 19.2 Å². The van der Waals surface area contributed by atoms with Crippen LogP contribution in [-0.4, -0.2) is 85.5 Å². The molecule has 214 valence electrons. The van der Waals surface area contributed by atoms with E-state index in [2.05, 4.69) is 30.9 Å². The summed E-state index contributed by atoms with van der Waals surface area (Å²) >= 11 is 0. The normalized spacial score (nSPS) is 14.1. The summed E-state index contributed by atoms with van der Waals surface area (Å²) in [6.07, 6.45) is 3.81. The topological polar surface area (TPSA) is 258 Å². The summed E-state index contributed by atoms with van der Waals surface area (Å²) in [5.41, 5.74) is 12.7. The van der Waals surface area contributed by atoms with Crippen molar-refractivity contribution < 1.29 is 34.2 Å². The van der Waals surface area contributed by atoms with Crippen molar-refractivity contribution >= 4 is 40.5 Å². The van der Waals surface area contributed by atoms with Gasteiger partial charge in [0.2, 0.25) is 23.6 Å². The van der Waals surface area contributed by atoms with Crippen molar-refractivity contribution in [2.45, 2.75) is 49.9 Å². The molecular formula is C25H32N8O7. The lowest BCUT2D eigenvalue weighted by atomic mass is 10.0. The van der Waals surface area contributed by atoms with E-state index in [4.69, 9.17) is 11.5 Å². The second-order valence-corrected chi connectivity index (χ2v) is 9.16. The number of primary amides is 1. The van der Waals surface area contributed by atoms with Crippen LogP contribution in [0.2, 0.25) is 0 Å². The Morgan fingerprint density at radius 3 is 2.25 bits per heavy atom. The van der Waals surface area contributed by atoms with Crippen LogP contribution < -0.4 is 27.4 Å². The van der Waals surface area contributed by atoms with E-state index in [1.165, 1.54) is 12.5 Å². The maximum Gasteiger partial charge on any atom is 0.326 e. The van der Waals surface area contributed by atoms with E-state index in [0.29, 0.717) is 11.3 Å². The molecule has 15 nitrogen and oxygen atoms in total. The van der Waals surface area contributed by atoms with Gasteiger partial charge in [0.25, 0.3) is 0 Å². The van der Waals surface area contributed by atoms with E-state index >= 15 is 0 Å². The van der Waals surface area contributed by atoms with Gasteiger partial charge < -0.3 is 47.6 Å². The molecule has 0 radical (unpaired) electrons. The van der Waals surface area contributed by atoms with Gasteiger partial charge in [0, 0.05) is 48.3 Å². The fourth-order valence-electron chi connectivity index (χ4n) is 4.01. The molecule has 0 fully saturated rings. The molecule has 2 aromatic heterocycles. The number of benzene rings is 1. The van der Waals surface area contributed by atoms with E-state index < -0.39 is 60.4 Å². The van der Waals surface area contributed by atoms with Crippen molar-refractivity contribution in [1.29, 1.82) is 0 Å². The molecular weight excluding hydrogens is 524 g/mol. The summed E-state index contributed by atoms with van der Waals surface area (Å²) in [6, 6.07) is 1.99. The van der Waals surface area contributed by atoms with Crippen LogP contribution in [0.15, 0.2) is 43.0 Å². The van der Waals surface area contributed by atoms with Gasteiger partial charge in [-0.2, -0.15) is 0 Å². The highest BCUT2D eigenvalue weighted by molar-refractivity contribution is 5.94. The minimum absolute atomic E-state index is 0.0564. The zero-order valence-corrected chi connectivity index (χ0v) is 21.4. The minimum Gasteiger partial charge on any atom is -0.480 e. The van der Waals surface area contributed by atoms with E-state index in [1.54, 1.807) is 12.3 Å². The van der Waals surface area contributed by atoms with Crippen LogP contribution >= 0.6 is 0 Å². The maximum absolute atomic E-state index is 13.2. The average molecular weight is 557 g/mol. The Kier molecular flexibility index (Phi) is 10.3. The standard InChI is InChI=1S/C25H32N8O7/c26-16(11-34)22(36)32-19(8-14-10-28-12-30-14)24(38)31-18(5-6-21(27)35)23(37)33-20(25(39)40)7-13-9-29-17-4-2-1-3-15(13)17/h1-4,9-10,12,16,18-20,29,34H,5-8,11,26H2,(H2,27,35)(H,28,30)(H,31,38)(H,32,36)(H,33,37)(H,39,40). The molecule has 3 rings (SSSR count). The van der Waals surface area contributed by atoms with Gasteiger partial charge >= 0.3 is 5.97 Å². The zero-order chi connectivity index (χ0) is 29.2. The SMILES string of the molecule is NC(=O)CCC(NC(=O)C(Cc1cnc[nH]1)NC(=O)C(N)CO)C(=O)NC(Cc1c[nH]c2ccccc12)C(=O)O. The fraction of sp³-hybridized carbons (Fsp3) is 0.360. The number of aromatic nitrogens is 3. The molecule has 40 heavy (non-hydrogen) atoms.